The lowest BCUT2D eigenvalue weighted by atomic mass is 10.1. The summed E-state index contributed by atoms with van der Waals surface area (Å²) in [6, 6.07) is 10.4. The van der Waals surface area contributed by atoms with Crippen LogP contribution in [0.2, 0.25) is 0 Å². The molecule has 2 rings (SSSR count). The zero-order valence-electron chi connectivity index (χ0n) is 15.0. The minimum atomic E-state index is -0.844. The molecule has 26 heavy (non-hydrogen) atoms. The average Bonchev–Trinajstić information content (AvgIpc) is 2.51. The number of nitrogens with one attached hydrogen (secondary N) is 1. The first-order chi connectivity index (χ1) is 12.2. The Labute approximate surface area is 152 Å². The van der Waals surface area contributed by atoms with Gasteiger partial charge in [-0.25, -0.2) is 9.78 Å². The molecule has 0 saturated heterocycles. The van der Waals surface area contributed by atoms with Crippen LogP contribution < -0.4 is 10.1 Å². The lowest BCUT2D eigenvalue weighted by molar-refractivity contribution is -0.136. The van der Waals surface area contributed by atoms with Gasteiger partial charge in [0.1, 0.15) is 22.9 Å². The van der Waals surface area contributed by atoms with E-state index in [9.17, 15) is 9.59 Å². The van der Waals surface area contributed by atoms with Crippen LogP contribution in [0, 0.1) is 0 Å². The maximum atomic E-state index is 11.8. The second-order valence-electron chi connectivity index (χ2n) is 6.65. The van der Waals surface area contributed by atoms with Crippen molar-refractivity contribution in [2.75, 3.05) is 5.32 Å². The molecule has 1 amide bonds. The van der Waals surface area contributed by atoms with Gasteiger partial charge in [0.05, 0.1) is 0 Å². The molecule has 7 nitrogen and oxygen atoms in total. The highest BCUT2D eigenvalue weighted by Crippen LogP contribution is 2.24. The fourth-order valence-corrected chi connectivity index (χ4v) is 2.10. The van der Waals surface area contributed by atoms with E-state index < -0.39 is 17.7 Å². The monoisotopic (exact) mass is 358 g/mol. The number of rotatable bonds is 6. The second-order valence-corrected chi connectivity index (χ2v) is 6.65. The van der Waals surface area contributed by atoms with Crippen molar-refractivity contribution >= 4 is 17.9 Å². The number of aliphatic carboxylic acids is 1. The molecule has 2 N–H and O–H groups in total. The van der Waals surface area contributed by atoms with E-state index in [2.05, 4.69) is 10.3 Å². The predicted octanol–water partition coefficient (Wildman–Crippen LogP) is 4.24. The number of aryl methyl sites for hydroxylation is 1. The summed E-state index contributed by atoms with van der Waals surface area (Å²) in [5.41, 5.74) is 0.264. The van der Waals surface area contributed by atoms with E-state index in [0.29, 0.717) is 23.7 Å². The molecule has 0 unspecified atom stereocenters. The molecule has 0 aliphatic heterocycles. The zero-order valence-corrected chi connectivity index (χ0v) is 15.0. The van der Waals surface area contributed by atoms with Crippen LogP contribution in [-0.4, -0.2) is 27.8 Å². The number of nitrogens with zero attached hydrogens (tertiary/aromatic N) is 1. The SMILES string of the molecule is CC(C)(C)OC(=O)Nc1cc(Oc2cccc(CCC(=O)O)c2)ccn1. The van der Waals surface area contributed by atoms with Crippen molar-refractivity contribution in [1.29, 1.82) is 0 Å². The van der Waals surface area contributed by atoms with Gasteiger partial charge in [0, 0.05) is 18.7 Å². The highest BCUT2D eigenvalue weighted by molar-refractivity contribution is 5.83. The Morgan fingerprint density at radius 2 is 1.88 bits per heavy atom. The molecular formula is C19H22N2O5. The minimum absolute atomic E-state index is 0.0582. The predicted molar refractivity (Wildman–Crippen MR) is 96.6 cm³/mol. The van der Waals surface area contributed by atoms with Gasteiger partial charge < -0.3 is 14.6 Å². The number of hydrogen-bond acceptors (Lipinski definition) is 5. The molecule has 138 valence electrons. The van der Waals surface area contributed by atoms with Gasteiger partial charge in [-0.1, -0.05) is 12.1 Å². The number of amides is 1. The summed E-state index contributed by atoms with van der Waals surface area (Å²) in [6.07, 6.45) is 1.39. The van der Waals surface area contributed by atoms with Crippen LogP contribution in [0.5, 0.6) is 11.5 Å². The number of pyridine rings is 1. The van der Waals surface area contributed by atoms with E-state index in [4.69, 9.17) is 14.6 Å². The highest BCUT2D eigenvalue weighted by atomic mass is 16.6. The van der Waals surface area contributed by atoms with Crippen LogP contribution in [0.15, 0.2) is 42.6 Å². The van der Waals surface area contributed by atoms with Gasteiger partial charge in [-0.2, -0.15) is 0 Å². The van der Waals surface area contributed by atoms with E-state index in [1.807, 2.05) is 6.07 Å². The second kappa shape index (κ2) is 8.33. The van der Waals surface area contributed by atoms with Crippen LogP contribution in [0.1, 0.15) is 32.8 Å². The first-order valence-electron chi connectivity index (χ1n) is 8.16. The first-order valence-corrected chi connectivity index (χ1v) is 8.16. The van der Waals surface area contributed by atoms with Crippen molar-refractivity contribution in [2.45, 2.75) is 39.2 Å². The van der Waals surface area contributed by atoms with Crippen molar-refractivity contribution < 1.29 is 24.2 Å². The summed E-state index contributed by atoms with van der Waals surface area (Å²) in [4.78, 5) is 26.5. The van der Waals surface area contributed by atoms with E-state index in [1.54, 1.807) is 51.1 Å². The molecule has 1 aromatic heterocycles. The Hall–Kier alpha value is -3.09. The lowest BCUT2D eigenvalue weighted by Gasteiger charge is -2.19. The Morgan fingerprint density at radius 1 is 1.15 bits per heavy atom. The molecule has 0 bridgehead atoms. The summed E-state index contributed by atoms with van der Waals surface area (Å²) < 4.78 is 11.0. The van der Waals surface area contributed by atoms with Crippen molar-refractivity contribution in [1.82, 2.24) is 4.98 Å². The van der Waals surface area contributed by atoms with Gasteiger partial charge in [-0.15, -0.1) is 0 Å². The average molecular weight is 358 g/mol. The minimum Gasteiger partial charge on any atom is -0.481 e. The summed E-state index contributed by atoms with van der Waals surface area (Å²) in [5, 5.41) is 11.3. The fraction of sp³-hybridized carbons (Fsp3) is 0.316. The fourth-order valence-electron chi connectivity index (χ4n) is 2.10. The number of ether oxygens (including phenoxy) is 2. The molecule has 0 spiro atoms. The van der Waals surface area contributed by atoms with Crippen LogP contribution >= 0.6 is 0 Å². The molecular weight excluding hydrogens is 336 g/mol. The summed E-state index contributed by atoms with van der Waals surface area (Å²) in [6.45, 7) is 5.32. The van der Waals surface area contributed by atoms with Gasteiger partial charge in [0.15, 0.2) is 0 Å². The number of carboxylic acid groups (broad SMARTS) is 1. The Bertz CT molecular complexity index is 783. The van der Waals surface area contributed by atoms with Crippen molar-refractivity contribution in [3.63, 3.8) is 0 Å². The number of benzene rings is 1. The van der Waals surface area contributed by atoms with Crippen molar-refractivity contribution in [3.8, 4) is 11.5 Å². The molecule has 0 atom stereocenters. The third-order valence-corrected chi connectivity index (χ3v) is 3.12. The van der Waals surface area contributed by atoms with Gasteiger partial charge in [-0.3, -0.25) is 10.1 Å². The van der Waals surface area contributed by atoms with Crippen LogP contribution in [0.3, 0.4) is 0 Å². The molecule has 2 aromatic rings. The summed E-state index contributed by atoms with van der Waals surface area (Å²) in [7, 11) is 0. The number of carboxylic acids is 1. The summed E-state index contributed by atoms with van der Waals surface area (Å²) in [5.74, 6) is 0.519. The first kappa shape index (κ1) is 19.2. The molecule has 0 saturated carbocycles. The van der Waals surface area contributed by atoms with Gasteiger partial charge in [0.2, 0.25) is 0 Å². The molecule has 0 radical (unpaired) electrons. The Balaban J connectivity index is 2.03. The number of anilines is 1. The standard InChI is InChI=1S/C19H22N2O5/c1-19(2,3)26-18(24)21-16-12-15(9-10-20-16)25-14-6-4-5-13(11-14)7-8-17(22)23/h4-6,9-12H,7-8H2,1-3H3,(H,22,23)(H,20,21,24). The van der Waals surface area contributed by atoms with E-state index in [-0.39, 0.29) is 6.42 Å². The largest absolute Gasteiger partial charge is 0.481 e. The topological polar surface area (TPSA) is 97.8 Å². The van der Waals surface area contributed by atoms with Gasteiger partial charge in [-0.05, 0) is 51.0 Å². The van der Waals surface area contributed by atoms with E-state index in [0.717, 1.165) is 5.56 Å². The Morgan fingerprint density at radius 3 is 2.58 bits per heavy atom. The number of carbonyl (C=O) groups is 2. The Kier molecular flexibility index (Phi) is 6.16. The molecule has 7 heteroatoms. The molecule has 0 aliphatic carbocycles. The van der Waals surface area contributed by atoms with Gasteiger partial charge in [0.25, 0.3) is 0 Å². The number of carbonyl (C=O) groups excluding carboxylic acids is 1. The molecule has 0 fully saturated rings. The van der Waals surface area contributed by atoms with Crippen LogP contribution in [-0.2, 0) is 16.0 Å². The quantitative estimate of drug-likeness (QED) is 0.801. The van der Waals surface area contributed by atoms with Crippen molar-refractivity contribution in [2.24, 2.45) is 0 Å². The normalized spacial score (nSPS) is 10.9. The number of aromatic nitrogens is 1. The molecule has 1 aromatic carbocycles. The number of hydrogen-bond donors (Lipinski definition) is 2. The van der Waals surface area contributed by atoms with Gasteiger partial charge >= 0.3 is 12.1 Å². The molecule has 1 heterocycles. The highest BCUT2D eigenvalue weighted by Gasteiger charge is 2.16. The lowest BCUT2D eigenvalue weighted by Crippen LogP contribution is -2.27. The third-order valence-electron chi connectivity index (χ3n) is 3.12. The maximum absolute atomic E-state index is 11.8. The van der Waals surface area contributed by atoms with E-state index >= 15 is 0 Å². The maximum Gasteiger partial charge on any atom is 0.413 e. The van der Waals surface area contributed by atoms with Crippen molar-refractivity contribution in [3.05, 3.63) is 48.2 Å². The molecule has 0 aliphatic rings. The summed E-state index contributed by atoms with van der Waals surface area (Å²) >= 11 is 0. The third kappa shape index (κ3) is 6.80. The zero-order chi connectivity index (χ0) is 19.2. The van der Waals surface area contributed by atoms with Crippen LogP contribution in [0.4, 0.5) is 10.6 Å². The van der Waals surface area contributed by atoms with Crippen LogP contribution in [0.25, 0.3) is 0 Å². The smallest absolute Gasteiger partial charge is 0.413 e. The van der Waals surface area contributed by atoms with E-state index in [1.165, 1.54) is 6.20 Å².